The monoisotopic (exact) mass is 304 g/mol. The van der Waals surface area contributed by atoms with E-state index >= 15 is 0 Å². The lowest BCUT2D eigenvalue weighted by molar-refractivity contribution is -0.135. The number of nitrogens with one attached hydrogen (secondary N) is 1. The Labute approximate surface area is 129 Å². The maximum Gasteiger partial charge on any atom is 0.285 e. The van der Waals surface area contributed by atoms with Crippen LogP contribution in [0.2, 0.25) is 0 Å². The average Bonchev–Trinajstić information content (AvgIpc) is 2.74. The first-order chi connectivity index (χ1) is 10.4. The predicted octanol–water partition coefficient (Wildman–Crippen LogP) is 1.62. The van der Waals surface area contributed by atoms with E-state index < -0.39 is 17.7 Å². The van der Waals surface area contributed by atoms with Gasteiger partial charge in [0, 0.05) is 6.54 Å². The van der Waals surface area contributed by atoms with Crippen molar-refractivity contribution >= 4 is 17.7 Å². The first-order valence-electron chi connectivity index (χ1n) is 7.30. The van der Waals surface area contributed by atoms with Crippen LogP contribution in [0.15, 0.2) is 24.3 Å². The van der Waals surface area contributed by atoms with Gasteiger partial charge < -0.3 is 5.32 Å². The van der Waals surface area contributed by atoms with Crippen molar-refractivity contribution in [2.75, 3.05) is 13.2 Å². The molecule has 0 bridgehead atoms. The van der Waals surface area contributed by atoms with E-state index in [1.54, 1.807) is 31.2 Å². The Morgan fingerprint density at radius 1 is 1.14 bits per heavy atom. The van der Waals surface area contributed by atoms with Crippen molar-refractivity contribution in [2.45, 2.75) is 20.8 Å². The minimum atomic E-state index is -0.490. The summed E-state index contributed by atoms with van der Waals surface area (Å²) in [7, 11) is 0. The van der Waals surface area contributed by atoms with E-state index in [2.05, 4.69) is 5.32 Å². The van der Waals surface area contributed by atoms with Gasteiger partial charge in [0.2, 0.25) is 5.91 Å². The van der Waals surface area contributed by atoms with Gasteiger partial charge in [0.05, 0.1) is 23.7 Å². The summed E-state index contributed by atoms with van der Waals surface area (Å²) in [4.78, 5) is 41.3. The van der Waals surface area contributed by atoms with Crippen LogP contribution in [-0.4, -0.2) is 35.9 Å². The number of benzene rings is 1. The fourth-order valence-corrected chi connectivity index (χ4v) is 2.03. The van der Waals surface area contributed by atoms with Gasteiger partial charge in [-0.15, -0.1) is 5.06 Å². The van der Waals surface area contributed by atoms with Crippen LogP contribution in [0.5, 0.6) is 0 Å². The van der Waals surface area contributed by atoms with Gasteiger partial charge in [0.1, 0.15) is 0 Å². The molecule has 1 aromatic carbocycles. The zero-order valence-corrected chi connectivity index (χ0v) is 13.0. The highest BCUT2D eigenvalue weighted by Gasteiger charge is 2.36. The fraction of sp³-hybridized carbons (Fsp3) is 0.438. The summed E-state index contributed by atoms with van der Waals surface area (Å²) < 4.78 is 0. The normalized spacial score (nSPS) is 15.2. The summed E-state index contributed by atoms with van der Waals surface area (Å²) in [5.74, 6) is -1.24. The third-order valence-corrected chi connectivity index (χ3v) is 3.34. The Morgan fingerprint density at radius 3 is 2.18 bits per heavy atom. The number of nitrogens with zero attached hydrogens (tertiary/aromatic N) is 1. The fourth-order valence-electron chi connectivity index (χ4n) is 2.03. The summed E-state index contributed by atoms with van der Waals surface area (Å²) >= 11 is 0. The quantitative estimate of drug-likeness (QED) is 0.810. The van der Waals surface area contributed by atoms with E-state index in [9.17, 15) is 14.4 Å². The van der Waals surface area contributed by atoms with Crippen molar-refractivity contribution in [3.05, 3.63) is 35.4 Å². The molecular formula is C16H20N2O4. The Balaban J connectivity index is 1.92. The molecule has 1 aromatic rings. The average molecular weight is 304 g/mol. The van der Waals surface area contributed by atoms with E-state index in [1.165, 1.54) is 0 Å². The van der Waals surface area contributed by atoms with Crippen LogP contribution in [0.4, 0.5) is 0 Å². The van der Waals surface area contributed by atoms with Crippen molar-refractivity contribution in [1.82, 2.24) is 10.4 Å². The Bertz CT molecular complexity index is 563. The van der Waals surface area contributed by atoms with E-state index in [1.807, 2.05) is 13.8 Å². The van der Waals surface area contributed by atoms with Gasteiger partial charge in [0.15, 0.2) is 0 Å². The zero-order chi connectivity index (χ0) is 16.3. The number of hydroxylamine groups is 2. The van der Waals surface area contributed by atoms with Crippen LogP contribution in [0.25, 0.3) is 0 Å². The van der Waals surface area contributed by atoms with Crippen molar-refractivity contribution in [3.63, 3.8) is 0 Å². The number of amides is 3. The number of hydrogen-bond donors (Lipinski definition) is 1. The lowest BCUT2D eigenvalue weighted by Crippen LogP contribution is -2.37. The Hall–Kier alpha value is -2.21. The van der Waals surface area contributed by atoms with Gasteiger partial charge in [-0.25, -0.2) is 0 Å². The largest absolute Gasteiger partial charge is 0.356 e. The van der Waals surface area contributed by atoms with Gasteiger partial charge in [-0.3, -0.25) is 19.2 Å². The molecule has 0 saturated carbocycles. The van der Waals surface area contributed by atoms with Crippen LogP contribution in [0.3, 0.4) is 0 Å². The molecule has 1 atom stereocenters. The van der Waals surface area contributed by atoms with Crippen LogP contribution >= 0.6 is 0 Å². The summed E-state index contributed by atoms with van der Waals surface area (Å²) in [6.45, 7) is 6.24. The van der Waals surface area contributed by atoms with Gasteiger partial charge >= 0.3 is 0 Å². The van der Waals surface area contributed by atoms with E-state index in [-0.39, 0.29) is 12.5 Å². The van der Waals surface area contributed by atoms with Crippen LogP contribution in [0, 0.1) is 11.8 Å². The second-order valence-corrected chi connectivity index (χ2v) is 5.79. The standard InChI is InChI=1S/C16H20N2O4/c1-10(2)8-17-14(19)11(3)9-22-18-15(20)12-6-4-5-7-13(12)16(18)21/h4-7,10-11H,8-9H2,1-3H3,(H,17,19)/t11-/m0/s1. The number of carbonyl (C=O) groups is 3. The molecule has 0 unspecified atom stereocenters. The summed E-state index contributed by atoms with van der Waals surface area (Å²) in [6, 6.07) is 6.54. The third-order valence-electron chi connectivity index (χ3n) is 3.34. The lowest BCUT2D eigenvalue weighted by Gasteiger charge is -2.17. The molecule has 0 aliphatic carbocycles. The molecule has 0 fully saturated rings. The van der Waals surface area contributed by atoms with Gasteiger partial charge in [-0.2, -0.15) is 0 Å². The SMILES string of the molecule is CC(C)CNC(=O)[C@@H](C)CON1C(=O)c2ccccc2C1=O. The molecule has 1 N–H and O–H groups in total. The molecule has 3 amide bonds. The van der Waals surface area contributed by atoms with Crippen molar-refractivity contribution in [2.24, 2.45) is 11.8 Å². The molecule has 118 valence electrons. The van der Waals surface area contributed by atoms with E-state index in [0.29, 0.717) is 23.6 Å². The second-order valence-electron chi connectivity index (χ2n) is 5.79. The number of imide groups is 1. The Morgan fingerprint density at radius 2 is 1.68 bits per heavy atom. The number of carbonyl (C=O) groups excluding carboxylic acids is 3. The summed E-state index contributed by atoms with van der Waals surface area (Å²) in [6.07, 6.45) is 0. The lowest BCUT2D eigenvalue weighted by atomic mass is 10.1. The molecule has 6 heteroatoms. The molecule has 0 radical (unpaired) electrons. The first-order valence-corrected chi connectivity index (χ1v) is 7.30. The first kappa shape index (κ1) is 16.2. The van der Waals surface area contributed by atoms with Crippen molar-refractivity contribution in [1.29, 1.82) is 0 Å². The van der Waals surface area contributed by atoms with Gasteiger partial charge in [-0.05, 0) is 18.1 Å². The molecule has 1 aliphatic heterocycles. The number of fused-ring (bicyclic) bond motifs is 1. The summed E-state index contributed by atoms with van der Waals surface area (Å²) in [5, 5.41) is 3.52. The molecule has 1 aliphatic rings. The zero-order valence-electron chi connectivity index (χ0n) is 13.0. The molecule has 0 aromatic heterocycles. The predicted molar refractivity (Wildman–Crippen MR) is 79.9 cm³/mol. The molecule has 22 heavy (non-hydrogen) atoms. The van der Waals surface area contributed by atoms with E-state index in [0.717, 1.165) is 5.06 Å². The molecule has 6 nitrogen and oxygen atoms in total. The highest BCUT2D eigenvalue weighted by molar-refractivity contribution is 6.20. The highest BCUT2D eigenvalue weighted by Crippen LogP contribution is 2.22. The van der Waals surface area contributed by atoms with Crippen LogP contribution in [0.1, 0.15) is 41.5 Å². The topological polar surface area (TPSA) is 75.7 Å². The minimum Gasteiger partial charge on any atom is -0.356 e. The molecule has 2 rings (SSSR count). The van der Waals surface area contributed by atoms with Crippen LogP contribution < -0.4 is 5.32 Å². The summed E-state index contributed by atoms with van der Waals surface area (Å²) in [5.41, 5.74) is 0.647. The molecule has 1 heterocycles. The maximum atomic E-state index is 12.1. The number of rotatable bonds is 6. The maximum absolute atomic E-state index is 12.1. The van der Waals surface area contributed by atoms with Crippen molar-refractivity contribution < 1.29 is 19.2 Å². The third kappa shape index (κ3) is 3.33. The van der Waals surface area contributed by atoms with Crippen LogP contribution in [-0.2, 0) is 9.63 Å². The van der Waals surface area contributed by atoms with E-state index in [4.69, 9.17) is 4.84 Å². The molecule has 0 saturated heterocycles. The van der Waals surface area contributed by atoms with Gasteiger partial charge in [0.25, 0.3) is 11.8 Å². The highest BCUT2D eigenvalue weighted by atomic mass is 16.7. The number of hydrogen-bond acceptors (Lipinski definition) is 4. The smallest absolute Gasteiger partial charge is 0.285 e. The van der Waals surface area contributed by atoms with Crippen molar-refractivity contribution in [3.8, 4) is 0 Å². The molecule has 0 spiro atoms. The Kier molecular flexibility index (Phi) is 4.92. The minimum absolute atomic E-state index is 0.0323. The molecular weight excluding hydrogens is 284 g/mol. The second kappa shape index (κ2) is 6.70. The van der Waals surface area contributed by atoms with Gasteiger partial charge in [-0.1, -0.05) is 32.9 Å².